The number of allylic oxidation sites excluding steroid dienone is 6. The van der Waals surface area contributed by atoms with Crippen molar-refractivity contribution in [1.82, 2.24) is 0 Å². The van der Waals surface area contributed by atoms with Crippen molar-refractivity contribution in [3.8, 4) is 0 Å². The van der Waals surface area contributed by atoms with Gasteiger partial charge in [0.2, 0.25) is 0 Å². The van der Waals surface area contributed by atoms with Crippen LogP contribution in [-0.2, 0) is 9.53 Å². The molecule has 0 aromatic carbocycles. The minimum Gasteiger partial charge on any atom is -0.465 e. The van der Waals surface area contributed by atoms with Crippen LogP contribution in [0.3, 0.4) is 0 Å². The zero-order valence-electron chi connectivity index (χ0n) is 16.8. The molecule has 0 radical (unpaired) electrons. The van der Waals surface area contributed by atoms with Crippen LogP contribution in [0.25, 0.3) is 0 Å². The normalized spacial score (nSPS) is 13.6. The highest BCUT2D eigenvalue weighted by atomic mass is 16.5. The fraction of sp³-hybridized carbons (Fsp3) is 0.682. The smallest absolute Gasteiger partial charge is 0.305 e. The van der Waals surface area contributed by atoms with Crippen LogP contribution < -0.4 is 0 Å². The summed E-state index contributed by atoms with van der Waals surface area (Å²) in [5.41, 5.74) is 4.35. The van der Waals surface area contributed by atoms with Crippen molar-refractivity contribution in [1.29, 1.82) is 0 Å². The van der Waals surface area contributed by atoms with Crippen molar-refractivity contribution in [2.45, 2.75) is 86.5 Å². The number of hydrogen-bond acceptors (Lipinski definition) is 2. The van der Waals surface area contributed by atoms with Crippen LogP contribution >= 0.6 is 0 Å². The molecule has 0 bridgehead atoms. The SMILES string of the molecule is CCC(=O)OCC(C)CCC=C(C)CCC=C(C)CCC=C(C)C. The highest BCUT2D eigenvalue weighted by Crippen LogP contribution is 2.14. The van der Waals surface area contributed by atoms with Gasteiger partial charge in [0.1, 0.15) is 0 Å². The molecule has 0 saturated heterocycles. The zero-order chi connectivity index (χ0) is 18.4. The average molecular weight is 335 g/mol. The Morgan fingerprint density at radius 2 is 1.46 bits per heavy atom. The first-order valence-corrected chi connectivity index (χ1v) is 9.45. The van der Waals surface area contributed by atoms with Crippen LogP contribution in [0, 0.1) is 5.92 Å². The second-order valence-corrected chi connectivity index (χ2v) is 7.18. The predicted molar refractivity (Wildman–Crippen MR) is 105 cm³/mol. The highest BCUT2D eigenvalue weighted by molar-refractivity contribution is 5.68. The number of rotatable bonds is 12. The second kappa shape index (κ2) is 14.1. The molecular formula is C22H38O2. The van der Waals surface area contributed by atoms with E-state index < -0.39 is 0 Å². The van der Waals surface area contributed by atoms with E-state index >= 15 is 0 Å². The zero-order valence-corrected chi connectivity index (χ0v) is 16.8. The summed E-state index contributed by atoms with van der Waals surface area (Å²) in [6.45, 7) is 13.3. The van der Waals surface area contributed by atoms with E-state index in [1.165, 1.54) is 23.1 Å². The molecular weight excluding hydrogens is 296 g/mol. The summed E-state index contributed by atoms with van der Waals surface area (Å²) in [5, 5.41) is 0. The molecule has 0 aliphatic heterocycles. The van der Waals surface area contributed by atoms with Gasteiger partial charge in [-0.15, -0.1) is 0 Å². The molecule has 1 unspecified atom stereocenters. The molecule has 0 aliphatic rings. The van der Waals surface area contributed by atoms with E-state index in [4.69, 9.17) is 4.74 Å². The third kappa shape index (κ3) is 14.3. The summed E-state index contributed by atoms with van der Waals surface area (Å²) >= 11 is 0. The van der Waals surface area contributed by atoms with Crippen LogP contribution in [-0.4, -0.2) is 12.6 Å². The Balaban J connectivity index is 3.90. The molecule has 0 N–H and O–H groups in total. The van der Waals surface area contributed by atoms with Gasteiger partial charge in [0, 0.05) is 6.42 Å². The lowest BCUT2D eigenvalue weighted by molar-refractivity contribution is -0.144. The first-order chi connectivity index (χ1) is 11.3. The lowest BCUT2D eigenvalue weighted by Crippen LogP contribution is -2.10. The molecule has 2 nitrogen and oxygen atoms in total. The molecule has 0 aromatic rings. The maximum atomic E-state index is 11.1. The Labute approximate surface area is 150 Å². The molecule has 1 atom stereocenters. The first-order valence-electron chi connectivity index (χ1n) is 9.45. The third-order valence-electron chi connectivity index (χ3n) is 4.09. The van der Waals surface area contributed by atoms with E-state index in [0.29, 0.717) is 18.9 Å². The van der Waals surface area contributed by atoms with Gasteiger partial charge in [-0.3, -0.25) is 4.79 Å². The number of carbonyl (C=O) groups is 1. The highest BCUT2D eigenvalue weighted by Gasteiger charge is 2.04. The van der Waals surface area contributed by atoms with Gasteiger partial charge in [0.05, 0.1) is 6.61 Å². The molecule has 0 spiro atoms. The summed E-state index contributed by atoms with van der Waals surface area (Å²) in [7, 11) is 0. The fourth-order valence-corrected chi connectivity index (χ4v) is 2.37. The molecule has 0 amide bonds. The largest absolute Gasteiger partial charge is 0.465 e. The number of carbonyl (C=O) groups excluding carboxylic acids is 1. The van der Waals surface area contributed by atoms with E-state index in [2.05, 4.69) is 52.8 Å². The number of hydrogen-bond donors (Lipinski definition) is 0. The second-order valence-electron chi connectivity index (χ2n) is 7.18. The Morgan fingerprint density at radius 3 is 2.00 bits per heavy atom. The molecule has 138 valence electrons. The summed E-state index contributed by atoms with van der Waals surface area (Å²) in [4.78, 5) is 11.1. The quantitative estimate of drug-likeness (QED) is 0.290. The molecule has 0 heterocycles. The minimum absolute atomic E-state index is 0.0969. The van der Waals surface area contributed by atoms with Crippen molar-refractivity contribution < 1.29 is 9.53 Å². The summed E-state index contributed by atoms with van der Waals surface area (Å²) in [6.07, 6.45) is 14.2. The Morgan fingerprint density at radius 1 is 0.917 bits per heavy atom. The van der Waals surface area contributed by atoms with Crippen molar-refractivity contribution in [3.05, 3.63) is 34.9 Å². The predicted octanol–water partition coefficient (Wildman–Crippen LogP) is 6.78. The van der Waals surface area contributed by atoms with Crippen LogP contribution in [0.5, 0.6) is 0 Å². The Bertz CT molecular complexity index is 437. The van der Waals surface area contributed by atoms with Crippen molar-refractivity contribution in [2.24, 2.45) is 5.92 Å². The van der Waals surface area contributed by atoms with E-state index in [0.717, 1.165) is 32.1 Å². The number of esters is 1. The standard InChI is InChI=1S/C22H38O2/c1-7-22(23)24-17-21(6)16-10-15-20(5)14-9-13-19(4)12-8-11-18(2)3/h11,13,15,21H,7-10,12,14,16-17H2,1-6H3. The van der Waals surface area contributed by atoms with E-state index in [9.17, 15) is 4.79 Å². The Hall–Kier alpha value is -1.31. The molecule has 24 heavy (non-hydrogen) atoms. The van der Waals surface area contributed by atoms with Gasteiger partial charge in [-0.25, -0.2) is 0 Å². The molecule has 0 rings (SSSR count). The van der Waals surface area contributed by atoms with E-state index in [1.54, 1.807) is 0 Å². The molecule has 0 aromatic heterocycles. The average Bonchev–Trinajstić information content (AvgIpc) is 2.52. The molecule has 0 saturated carbocycles. The van der Waals surface area contributed by atoms with Gasteiger partial charge in [-0.1, -0.05) is 48.8 Å². The topological polar surface area (TPSA) is 26.3 Å². The lowest BCUT2D eigenvalue weighted by Gasteiger charge is -2.10. The van der Waals surface area contributed by atoms with Crippen LogP contribution in [0.2, 0.25) is 0 Å². The molecule has 0 aliphatic carbocycles. The van der Waals surface area contributed by atoms with Crippen LogP contribution in [0.15, 0.2) is 34.9 Å². The molecule has 2 heteroatoms. The minimum atomic E-state index is -0.0969. The van der Waals surface area contributed by atoms with Gasteiger partial charge < -0.3 is 4.74 Å². The van der Waals surface area contributed by atoms with E-state index in [1.807, 2.05) is 6.92 Å². The van der Waals surface area contributed by atoms with Gasteiger partial charge in [-0.2, -0.15) is 0 Å². The Kier molecular flexibility index (Phi) is 13.3. The summed E-state index contributed by atoms with van der Waals surface area (Å²) in [5.74, 6) is 0.335. The van der Waals surface area contributed by atoms with E-state index in [-0.39, 0.29) is 5.97 Å². The summed E-state index contributed by atoms with van der Waals surface area (Å²) < 4.78 is 5.18. The molecule has 0 fully saturated rings. The maximum absolute atomic E-state index is 11.1. The third-order valence-corrected chi connectivity index (χ3v) is 4.09. The fourth-order valence-electron chi connectivity index (χ4n) is 2.37. The monoisotopic (exact) mass is 334 g/mol. The van der Waals surface area contributed by atoms with Crippen molar-refractivity contribution in [3.63, 3.8) is 0 Å². The maximum Gasteiger partial charge on any atom is 0.305 e. The van der Waals surface area contributed by atoms with Crippen LogP contribution in [0.4, 0.5) is 0 Å². The number of ether oxygens (including phenoxy) is 1. The van der Waals surface area contributed by atoms with Crippen molar-refractivity contribution in [2.75, 3.05) is 6.61 Å². The summed E-state index contributed by atoms with van der Waals surface area (Å²) in [6, 6.07) is 0. The van der Waals surface area contributed by atoms with Crippen molar-refractivity contribution >= 4 is 5.97 Å². The van der Waals surface area contributed by atoms with Gasteiger partial charge in [0.15, 0.2) is 0 Å². The van der Waals surface area contributed by atoms with Crippen LogP contribution in [0.1, 0.15) is 86.5 Å². The van der Waals surface area contributed by atoms with Gasteiger partial charge in [-0.05, 0) is 72.1 Å². The van der Waals surface area contributed by atoms with Gasteiger partial charge in [0.25, 0.3) is 0 Å². The first kappa shape index (κ1) is 22.7. The van der Waals surface area contributed by atoms with Gasteiger partial charge >= 0.3 is 5.97 Å². The lowest BCUT2D eigenvalue weighted by atomic mass is 10.0.